The molecule has 2 fully saturated rings. The van der Waals surface area contributed by atoms with E-state index in [1.165, 1.54) is 33.3 Å². The minimum Gasteiger partial charge on any atom is -0.443 e. The molecule has 3 aromatic heterocycles. The zero-order valence-corrected chi connectivity index (χ0v) is 23.2. The van der Waals surface area contributed by atoms with E-state index < -0.39 is 29.5 Å². The summed E-state index contributed by atoms with van der Waals surface area (Å²) in [6, 6.07) is 4.24. The first-order chi connectivity index (χ1) is 18.9. The molecule has 2 N–H and O–H groups in total. The number of anilines is 3. The summed E-state index contributed by atoms with van der Waals surface area (Å²) in [6.07, 6.45) is 3.45. The van der Waals surface area contributed by atoms with Gasteiger partial charge in [0.25, 0.3) is 11.5 Å². The summed E-state index contributed by atoms with van der Waals surface area (Å²) >= 11 is 0. The molecule has 40 heavy (non-hydrogen) atoms. The average molecular weight is 556 g/mol. The fourth-order valence-corrected chi connectivity index (χ4v) is 4.50. The van der Waals surface area contributed by atoms with Crippen molar-refractivity contribution in [2.75, 3.05) is 37.5 Å². The van der Waals surface area contributed by atoms with Gasteiger partial charge >= 0.3 is 6.09 Å². The number of halogens is 1. The van der Waals surface area contributed by atoms with Crippen molar-refractivity contribution in [1.29, 1.82) is 0 Å². The fourth-order valence-electron chi connectivity index (χ4n) is 4.50. The molecule has 2 aliphatic carbocycles. The van der Waals surface area contributed by atoms with Gasteiger partial charge in [0.05, 0.1) is 18.8 Å². The molecule has 2 atom stereocenters. The molecule has 2 saturated carbocycles. The molecular weight excluding hydrogens is 521 g/mol. The van der Waals surface area contributed by atoms with E-state index >= 15 is 0 Å². The second kappa shape index (κ2) is 10.2. The quantitative estimate of drug-likeness (QED) is 0.410. The molecule has 5 rings (SSSR count). The summed E-state index contributed by atoms with van der Waals surface area (Å²) in [5, 5.41) is 10.3. The van der Waals surface area contributed by atoms with E-state index in [4.69, 9.17) is 9.47 Å². The lowest BCUT2D eigenvalue weighted by Gasteiger charge is -2.25. The Hall–Kier alpha value is -4.00. The number of methoxy groups -OCH3 is 1. The predicted octanol–water partition coefficient (Wildman–Crippen LogP) is 3.45. The number of alkyl halides is 1. The van der Waals surface area contributed by atoms with Crippen LogP contribution in [0.5, 0.6) is 0 Å². The standard InChI is InChI=1S/C27H34FN7O5/c1-26(2,3)40-25(38)33(4)21-12-20(31-18-7-6-10-34(24(18)37)19-11-17(19)28)32-22-16(13-30-35(21)22)23(36)29-14-27(8-9-27)15-39-5/h6-7,10,12-13,17,19H,8-9,11,14-15H2,1-5H3,(H,29,36)(H,31,32)/t17-,19-/m0/s1. The van der Waals surface area contributed by atoms with Crippen LogP contribution in [0.3, 0.4) is 0 Å². The van der Waals surface area contributed by atoms with E-state index in [0.717, 1.165) is 12.8 Å². The Labute approximate surface area is 230 Å². The van der Waals surface area contributed by atoms with Gasteiger partial charge in [-0.3, -0.25) is 14.5 Å². The molecular formula is C27H34FN7O5. The number of rotatable bonds is 9. The van der Waals surface area contributed by atoms with Crippen LogP contribution < -0.4 is 21.1 Å². The third-order valence-corrected chi connectivity index (χ3v) is 7.02. The van der Waals surface area contributed by atoms with Crippen LogP contribution in [0.15, 0.2) is 35.4 Å². The Kier molecular flexibility index (Phi) is 7.02. The SMILES string of the molecule is COCC1(CNC(=O)c2cnn3c(N(C)C(=O)OC(C)(C)C)cc(Nc4cccn([C@H]5C[C@@H]5F)c4=O)nc23)CC1. The number of carbonyl (C=O) groups is 2. The number of nitrogens with zero attached hydrogens (tertiary/aromatic N) is 5. The van der Waals surface area contributed by atoms with Crippen molar-refractivity contribution in [2.24, 2.45) is 5.41 Å². The fraction of sp³-hybridized carbons (Fsp3) is 0.519. The molecule has 0 aromatic carbocycles. The van der Waals surface area contributed by atoms with Gasteiger partial charge in [-0.25, -0.2) is 14.2 Å². The third-order valence-electron chi connectivity index (χ3n) is 7.02. The van der Waals surface area contributed by atoms with Gasteiger partial charge < -0.3 is 24.7 Å². The molecule has 0 aliphatic heterocycles. The smallest absolute Gasteiger partial charge is 0.415 e. The topological polar surface area (TPSA) is 132 Å². The maximum atomic E-state index is 13.7. The molecule has 214 valence electrons. The number of aromatic nitrogens is 4. The molecule has 3 heterocycles. The van der Waals surface area contributed by atoms with Gasteiger partial charge in [-0.05, 0) is 45.7 Å². The second-order valence-corrected chi connectivity index (χ2v) is 11.5. The molecule has 0 radical (unpaired) electrons. The maximum Gasteiger partial charge on any atom is 0.415 e. The summed E-state index contributed by atoms with van der Waals surface area (Å²) < 4.78 is 27.2. The van der Waals surface area contributed by atoms with Crippen LogP contribution >= 0.6 is 0 Å². The summed E-state index contributed by atoms with van der Waals surface area (Å²) in [5.41, 5.74) is -0.684. The monoisotopic (exact) mass is 555 g/mol. The summed E-state index contributed by atoms with van der Waals surface area (Å²) in [7, 11) is 3.15. The average Bonchev–Trinajstić information content (AvgIpc) is 3.78. The number of carbonyl (C=O) groups excluding carboxylic acids is 2. The molecule has 2 aliphatic rings. The van der Waals surface area contributed by atoms with Crippen molar-refractivity contribution in [1.82, 2.24) is 24.5 Å². The number of pyridine rings is 1. The van der Waals surface area contributed by atoms with Crippen molar-refractivity contribution in [3.8, 4) is 0 Å². The van der Waals surface area contributed by atoms with Crippen LogP contribution in [0.2, 0.25) is 0 Å². The summed E-state index contributed by atoms with van der Waals surface area (Å²) in [4.78, 5) is 45.0. The van der Waals surface area contributed by atoms with Crippen molar-refractivity contribution >= 4 is 35.0 Å². The molecule has 2 amide bonds. The van der Waals surface area contributed by atoms with Crippen molar-refractivity contribution in [3.05, 3.63) is 46.5 Å². The molecule has 12 nitrogen and oxygen atoms in total. The zero-order valence-electron chi connectivity index (χ0n) is 23.2. The van der Waals surface area contributed by atoms with Gasteiger partial charge in [-0.1, -0.05) is 0 Å². The highest BCUT2D eigenvalue weighted by atomic mass is 19.1. The number of ether oxygens (including phenoxy) is 2. The first kappa shape index (κ1) is 27.6. The van der Waals surface area contributed by atoms with E-state index in [9.17, 15) is 18.8 Å². The summed E-state index contributed by atoms with van der Waals surface area (Å²) in [5.74, 6) is 0.0618. The Morgan fingerprint density at radius 1 is 1.30 bits per heavy atom. The van der Waals surface area contributed by atoms with Gasteiger partial charge in [0.1, 0.15) is 34.7 Å². The molecule has 0 saturated heterocycles. The van der Waals surface area contributed by atoms with Crippen LogP contribution in [0.1, 0.15) is 56.4 Å². The highest BCUT2D eigenvalue weighted by Gasteiger charge is 2.43. The van der Waals surface area contributed by atoms with Crippen LogP contribution in [0, 0.1) is 5.41 Å². The summed E-state index contributed by atoms with van der Waals surface area (Å²) in [6.45, 7) is 6.26. The molecule has 0 spiro atoms. The third kappa shape index (κ3) is 5.64. The minimum absolute atomic E-state index is 0.0665. The number of fused-ring (bicyclic) bond motifs is 1. The van der Waals surface area contributed by atoms with Crippen LogP contribution in [-0.2, 0) is 9.47 Å². The molecule has 0 bridgehead atoms. The Balaban J connectivity index is 1.51. The Morgan fingerprint density at radius 2 is 2.02 bits per heavy atom. The number of hydrogen-bond acceptors (Lipinski definition) is 8. The molecule has 3 aromatic rings. The lowest BCUT2D eigenvalue weighted by atomic mass is 10.1. The largest absolute Gasteiger partial charge is 0.443 e. The van der Waals surface area contributed by atoms with Crippen LogP contribution in [-0.4, -0.2) is 70.2 Å². The predicted molar refractivity (Wildman–Crippen MR) is 146 cm³/mol. The van der Waals surface area contributed by atoms with Gasteiger partial charge in [-0.2, -0.15) is 9.61 Å². The van der Waals surface area contributed by atoms with Crippen molar-refractivity contribution in [2.45, 2.75) is 57.8 Å². The maximum absolute atomic E-state index is 13.7. The van der Waals surface area contributed by atoms with Gasteiger partial charge in [-0.15, -0.1) is 0 Å². The lowest BCUT2D eigenvalue weighted by molar-refractivity contribution is 0.0587. The number of hydrogen-bond donors (Lipinski definition) is 2. The Bertz CT molecular complexity index is 1510. The highest BCUT2D eigenvalue weighted by Crippen LogP contribution is 2.45. The lowest BCUT2D eigenvalue weighted by Crippen LogP contribution is -2.35. The Morgan fingerprint density at radius 3 is 2.65 bits per heavy atom. The van der Waals surface area contributed by atoms with Crippen LogP contribution in [0.25, 0.3) is 5.65 Å². The molecule has 13 heteroatoms. The number of nitrogens with one attached hydrogen (secondary N) is 2. The van der Waals surface area contributed by atoms with Crippen molar-refractivity contribution < 1.29 is 23.5 Å². The van der Waals surface area contributed by atoms with Gasteiger partial charge in [0, 0.05) is 44.8 Å². The zero-order chi connectivity index (χ0) is 28.8. The van der Waals surface area contributed by atoms with Crippen molar-refractivity contribution in [3.63, 3.8) is 0 Å². The first-order valence-corrected chi connectivity index (χ1v) is 13.2. The minimum atomic E-state index is -1.05. The van der Waals surface area contributed by atoms with E-state index in [0.29, 0.717) is 19.6 Å². The van der Waals surface area contributed by atoms with E-state index in [2.05, 4.69) is 20.7 Å². The first-order valence-electron chi connectivity index (χ1n) is 13.2. The second-order valence-electron chi connectivity index (χ2n) is 11.5. The highest BCUT2D eigenvalue weighted by molar-refractivity contribution is 6.00. The van der Waals surface area contributed by atoms with Gasteiger partial charge in [0.2, 0.25) is 0 Å². The van der Waals surface area contributed by atoms with Gasteiger partial charge in [0.15, 0.2) is 5.65 Å². The van der Waals surface area contributed by atoms with Crippen LogP contribution in [0.4, 0.5) is 26.5 Å². The number of amides is 2. The van der Waals surface area contributed by atoms with E-state index in [1.807, 2.05) is 0 Å². The van der Waals surface area contributed by atoms with E-state index in [1.54, 1.807) is 46.2 Å². The molecule has 0 unspecified atom stereocenters. The van der Waals surface area contributed by atoms with E-state index in [-0.39, 0.29) is 39.9 Å². The normalized spacial score (nSPS) is 19.2.